The molecule has 0 aliphatic rings. The average Bonchev–Trinajstić information content (AvgIpc) is 2.08. The van der Waals surface area contributed by atoms with Crippen molar-refractivity contribution in [2.45, 2.75) is 39.9 Å². The molecule has 0 amide bonds. The molecule has 0 aliphatic heterocycles. The van der Waals surface area contributed by atoms with Crippen LogP contribution in [0.3, 0.4) is 0 Å². The van der Waals surface area contributed by atoms with E-state index in [0.29, 0.717) is 0 Å². The molecule has 6 heteroatoms. The maximum Gasteiger partial charge on any atom is 0.403 e. The van der Waals surface area contributed by atoms with Gasteiger partial charge in [0.25, 0.3) is 0 Å². The molecule has 0 fully saturated rings. The second-order valence-corrected chi connectivity index (χ2v) is 5.41. The smallest absolute Gasteiger partial charge is 0.403 e. The topological polar surface area (TPSA) is 40.5 Å². The van der Waals surface area contributed by atoms with Crippen molar-refractivity contribution in [1.82, 2.24) is 4.90 Å². The van der Waals surface area contributed by atoms with Gasteiger partial charge >= 0.3 is 12.1 Å². The van der Waals surface area contributed by atoms with Gasteiger partial charge in [0.05, 0.1) is 0 Å². The molecular formula is C11H20F3NO2. The zero-order chi connectivity index (χ0) is 14.0. The number of alkyl halides is 3. The van der Waals surface area contributed by atoms with Gasteiger partial charge in [0.1, 0.15) is 0 Å². The minimum atomic E-state index is -4.71. The molecule has 0 heterocycles. The van der Waals surface area contributed by atoms with E-state index >= 15 is 0 Å². The van der Waals surface area contributed by atoms with E-state index in [1.807, 2.05) is 20.8 Å². The Morgan fingerprint density at radius 3 is 1.94 bits per heavy atom. The normalized spacial score (nSPS) is 17.0. The molecule has 0 bridgehead atoms. The van der Waals surface area contributed by atoms with Crippen molar-refractivity contribution in [2.75, 3.05) is 13.6 Å². The predicted molar refractivity (Wildman–Crippen MR) is 58.7 cm³/mol. The number of carboxylic acids is 1. The van der Waals surface area contributed by atoms with Crippen LogP contribution in [0.2, 0.25) is 0 Å². The number of aliphatic carboxylic acids is 1. The molecule has 0 rings (SSSR count). The second kappa shape index (κ2) is 5.25. The molecular weight excluding hydrogens is 235 g/mol. The largest absolute Gasteiger partial charge is 0.481 e. The van der Waals surface area contributed by atoms with Crippen molar-refractivity contribution < 1.29 is 23.1 Å². The van der Waals surface area contributed by atoms with Crippen LogP contribution < -0.4 is 0 Å². The molecule has 2 unspecified atom stereocenters. The van der Waals surface area contributed by atoms with E-state index in [1.165, 1.54) is 11.9 Å². The van der Waals surface area contributed by atoms with Gasteiger partial charge in [-0.2, -0.15) is 13.2 Å². The third-order valence-electron chi connectivity index (χ3n) is 3.08. The minimum absolute atomic E-state index is 0.147. The Morgan fingerprint density at radius 2 is 1.71 bits per heavy atom. The van der Waals surface area contributed by atoms with E-state index < -0.39 is 24.6 Å². The summed E-state index contributed by atoms with van der Waals surface area (Å²) in [4.78, 5) is 12.0. The molecule has 0 aromatic heterocycles. The quantitative estimate of drug-likeness (QED) is 0.839. The highest BCUT2D eigenvalue weighted by molar-refractivity contribution is 5.71. The van der Waals surface area contributed by atoms with E-state index in [4.69, 9.17) is 5.11 Å². The molecule has 2 atom stereocenters. The van der Waals surface area contributed by atoms with Crippen LogP contribution in [0.25, 0.3) is 0 Å². The number of carboxylic acid groups (broad SMARTS) is 1. The van der Waals surface area contributed by atoms with Crippen LogP contribution in [-0.4, -0.2) is 41.8 Å². The van der Waals surface area contributed by atoms with Crippen LogP contribution in [-0.2, 0) is 4.79 Å². The summed E-state index contributed by atoms with van der Waals surface area (Å²) in [6.07, 6.45) is -4.71. The maximum atomic E-state index is 12.5. The lowest BCUT2D eigenvalue weighted by Crippen LogP contribution is -2.46. The molecule has 0 spiro atoms. The van der Waals surface area contributed by atoms with Crippen molar-refractivity contribution in [3.8, 4) is 0 Å². The number of hydrogen-bond acceptors (Lipinski definition) is 2. The van der Waals surface area contributed by atoms with Crippen LogP contribution in [0.4, 0.5) is 13.2 Å². The third kappa shape index (κ3) is 4.93. The van der Waals surface area contributed by atoms with Gasteiger partial charge in [-0.05, 0) is 19.4 Å². The van der Waals surface area contributed by atoms with Crippen LogP contribution >= 0.6 is 0 Å². The van der Waals surface area contributed by atoms with Gasteiger partial charge in [0.2, 0.25) is 0 Å². The number of carbonyl (C=O) groups is 1. The summed E-state index contributed by atoms with van der Waals surface area (Å²) in [5.41, 5.74) is -0.205. The molecule has 0 saturated carbocycles. The van der Waals surface area contributed by atoms with Gasteiger partial charge in [0, 0.05) is 12.6 Å². The molecule has 1 N–H and O–H groups in total. The third-order valence-corrected chi connectivity index (χ3v) is 3.08. The van der Waals surface area contributed by atoms with Gasteiger partial charge in [0.15, 0.2) is 5.92 Å². The fraction of sp³-hybridized carbons (Fsp3) is 0.909. The Labute approximate surface area is 99.6 Å². The predicted octanol–water partition coefficient (Wildman–Crippen LogP) is 2.62. The zero-order valence-corrected chi connectivity index (χ0v) is 10.8. The summed E-state index contributed by atoms with van der Waals surface area (Å²) < 4.78 is 37.5. The Hall–Kier alpha value is -0.780. The van der Waals surface area contributed by atoms with Crippen LogP contribution in [0.5, 0.6) is 0 Å². The van der Waals surface area contributed by atoms with E-state index in [9.17, 15) is 18.0 Å². The average molecular weight is 255 g/mol. The number of rotatable bonds is 4. The maximum absolute atomic E-state index is 12.5. The van der Waals surface area contributed by atoms with Crippen molar-refractivity contribution in [3.63, 3.8) is 0 Å². The van der Waals surface area contributed by atoms with Crippen LogP contribution in [0, 0.1) is 11.3 Å². The van der Waals surface area contributed by atoms with Crippen LogP contribution in [0.15, 0.2) is 0 Å². The van der Waals surface area contributed by atoms with E-state index in [-0.39, 0.29) is 11.5 Å². The zero-order valence-electron chi connectivity index (χ0n) is 10.8. The van der Waals surface area contributed by atoms with Crippen molar-refractivity contribution >= 4 is 5.97 Å². The summed E-state index contributed by atoms with van der Waals surface area (Å²) in [6, 6.07) is -0.147. The van der Waals surface area contributed by atoms with Crippen molar-refractivity contribution in [1.29, 1.82) is 0 Å². The van der Waals surface area contributed by atoms with Gasteiger partial charge in [-0.15, -0.1) is 0 Å². The van der Waals surface area contributed by atoms with Crippen molar-refractivity contribution in [2.24, 2.45) is 11.3 Å². The van der Waals surface area contributed by atoms with E-state index in [0.717, 1.165) is 0 Å². The van der Waals surface area contributed by atoms with E-state index in [2.05, 4.69) is 0 Å². The highest BCUT2D eigenvalue weighted by Crippen LogP contribution is 2.29. The number of nitrogens with zero attached hydrogens (tertiary/aromatic N) is 1. The van der Waals surface area contributed by atoms with E-state index in [1.54, 1.807) is 6.92 Å². The fourth-order valence-electron chi connectivity index (χ4n) is 1.43. The minimum Gasteiger partial charge on any atom is -0.481 e. The highest BCUT2D eigenvalue weighted by Gasteiger charge is 2.46. The van der Waals surface area contributed by atoms with Crippen LogP contribution in [0.1, 0.15) is 27.7 Å². The Balaban J connectivity index is 4.75. The first-order valence-corrected chi connectivity index (χ1v) is 5.37. The fourth-order valence-corrected chi connectivity index (χ4v) is 1.43. The molecule has 17 heavy (non-hydrogen) atoms. The molecule has 3 nitrogen and oxygen atoms in total. The first kappa shape index (κ1) is 16.2. The molecule has 0 aliphatic carbocycles. The highest BCUT2D eigenvalue weighted by atomic mass is 19.4. The standard InChI is InChI=1S/C11H20F3NO2/c1-7(10(2,3)4)15(5)6-8(9(16)17)11(12,13)14/h7-8H,6H2,1-5H3,(H,16,17). The molecule has 102 valence electrons. The Bertz CT molecular complexity index is 271. The second-order valence-electron chi connectivity index (χ2n) is 5.41. The number of halogens is 3. The summed E-state index contributed by atoms with van der Waals surface area (Å²) in [5.74, 6) is -4.16. The first-order chi connectivity index (χ1) is 7.37. The lowest BCUT2D eigenvalue weighted by atomic mass is 9.86. The number of hydrogen-bond donors (Lipinski definition) is 1. The summed E-state index contributed by atoms with van der Waals surface area (Å²) in [5, 5.41) is 8.60. The lowest BCUT2D eigenvalue weighted by molar-refractivity contribution is -0.197. The Kier molecular flexibility index (Phi) is 5.01. The first-order valence-electron chi connectivity index (χ1n) is 5.37. The lowest BCUT2D eigenvalue weighted by Gasteiger charge is -2.36. The SMILES string of the molecule is CC(N(C)CC(C(=O)O)C(F)(F)F)C(C)(C)C. The molecule has 0 saturated heterocycles. The summed E-state index contributed by atoms with van der Waals surface area (Å²) >= 11 is 0. The molecule has 0 aromatic rings. The molecule has 0 radical (unpaired) electrons. The summed E-state index contributed by atoms with van der Waals surface area (Å²) in [7, 11) is 1.51. The molecule has 0 aromatic carbocycles. The summed E-state index contributed by atoms with van der Waals surface area (Å²) in [6.45, 7) is 6.96. The van der Waals surface area contributed by atoms with Gasteiger partial charge in [-0.25, -0.2) is 0 Å². The Morgan fingerprint density at radius 1 is 1.29 bits per heavy atom. The van der Waals surface area contributed by atoms with Gasteiger partial charge < -0.3 is 10.0 Å². The van der Waals surface area contributed by atoms with Gasteiger partial charge in [-0.3, -0.25) is 4.79 Å². The van der Waals surface area contributed by atoms with Crippen molar-refractivity contribution in [3.05, 3.63) is 0 Å². The monoisotopic (exact) mass is 255 g/mol. The van der Waals surface area contributed by atoms with Gasteiger partial charge in [-0.1, -0.05) is 20.8 Å².